The quantitative estimate of drug-likeness (QED) is 0.00278. The number of rotatable bonds is 47. The molecule has 2 aromatic heterocycles. The Hall–Kier alpha value is -9.33. The molecule has 0 aliphatic carbocycles. The van der Waals surface area contributed by atoms with Gasteiger partial charge in [0.1, 0.15) is 80.4 Å². The summed E-state index contributed by atoms with van der Waals surface area (Å²) in [5.41, 5.74) is 30.4. The Morgan fingerprint density at radius 3 is 2.36 bits per heavy atom. The van der Waals surface area contributed by atoms with E-state index >= 15 is 0 Å². The summed E-state index contributed by atoms with van der Waals surface area (Å²) in [7, 11) is -20.8. The summed E-state index contributed by atoms with van der Waals surface area (Å²) < 4.78 is 152. The number of benzene rings is 4. The summed E-state index contributed by atoms with van der Waals surface area (Å²) in [6.07, 6.45) is 2.25. The molecule has 4 aliphatic heterocycles. The lowest BCUT2D eigenvalue weighted by atomic mass is 9.86. The van der Waals surface area contributed by atoms with Crippen molar-refractivity contribution in [1.29, 1.82) is 0 Å². The van der Waals surface area contributed by atoms with E-state index in [1.165, 1.54) is 38.4 Å². The number of carbonyl (C=O) groups excluding carboxylic acids is 5. The molecule has 44 nitrogen and oxygen atoms in total. The average Bonchev–Trinajstić information content (AvgIpc) is 1.50. The maximum atomic E-state index is 14.6. The number of aromatic nitrogens is 3. The summed E-state index contributed by atoms with van der Waals surface area (Å²) in [5.74, 6) is 5.52. The SMILES string of the molecule is CN(CCCC(=O)NCCSSCCC(=O)NCCNC(=O)c1cccc(OCC(N=[N+]=[N-])OCCOCC(=O)NCC#Cc2cn([C@H]3CC(OCN=[N+]=[N-])[C@@H](COP(=O)(O)OP(=O)(O)OP(=O)(O)O)O3)c3ncnc(N)c23)c1)C(=O)c1ccccc1C1=c2cc3c(cc2Oc2cc4c(cc21)CCCN4CCCS(=O)(=O)O)=[N+](CCCS(=O)(=O)O)CCC3. The molecule has 4 unspecified atom stereocenters. The van der Waals surface area contributed by atoms with Gasteiger partial charge in [0.05, 0.1) is 61.0 Å². The first-order valence-electron chi connectivity index (χ1n) is 38.2. The van der Waals surface area contributed by atoms with Gasteiger partial charge in [-0.15, -0.1) is 0 Å². The van der Waals surface area contributed by atoms with Gasteiger partial charge in [-0.25, -0.2) is 28.2 Å². The van der Waals surface area contributed by atoms with E-state index in [4.69, 9.17) is 54.0 Å². The monoisotopic (exact) mass is 1850 g/mol. The number of fused-ring (bicyclic) bond motifs is 5. The van der Waals surface area contributed by atoms with E-state index in [1.807, 2.05) is 24.3 Å². The highest BCUT2D eigenvalue weighted by atomic mass is 33.1. The van der Waals surface area contributed by atoms with Gasteiger partial charge in [0, 0.05) is 151 Å². The lowest BCUT2D eigenvalue weighted by molar-refractivity contribution is -0.126. The van der Waals surface area contributed by atoms with Crippen LogP contribution in [0.3, 0.4) is 0 Å². The van der Waals surface area contributed by atoms with Crippen molar-refractivity contribution in [1.82, 2.24) is 45.3 Å². The number of carbonyl (C=O) groups is 5. The number of hydrogen-bond acceptors (Lipinski definition) is 29. The second-order valence-corrected chi connectivity index (χ2v) is 38.1. The third-order valence-electron chi connectivity index (χ3n) is 19.0. The summed E-state index contributed by atoms with van der Waals surface area (Å²) in [6.45, 7) is 0.384. The number of phosphoric ester groups is 1. The number of aryl methyl sites for hydroxylation is 2. The van der Waals surface area contributed by atoms with Gasteiger partial charge in [0.15, 0.2) is 6.23 Å². The number of hydrogen-bond donors (Lipinski definition) is 11. The minimum atomic E-state index is -5.84. The topological polar surface area (TPSA) is 621 Å². The van der Waals surface area contributed by atoms with E-state index in [0.29, 0.717) is 73.3 Å². The van der Waals surface area contributed by atoms with E-state index in [-0.39, 0.29) is 141 Å². The molecule has 0 saturated carbocycles. The molecular formula is C72H91N17O27P3S4+. The molecule has 10 rings (SSSR count). The van der Waals surface area contributed by atoms with Crippen molar-refractivity contribution < 1.29 is 125 Å². The Kier molecular flexibility index (Phi) is 35.1. The molecule has 0 bridgehead atoms. The molecule has 6 heterocycles. The molecule has 0 radical (unpaired) electrons. The lowest BCUT2D eigenvalue weighted by Gasteiger charge is -2.33. The molecule has 0 spiro atoms. The van der Waals surface area contributed by atoms with Gasteiger partial charge in [0.2, 0.25) is 23.1 Å². The van der Waals surface area contributed by atoms with Crippen LogP contribution in [0.4, 0.5) is 11.5 Å². The van der Waals surface area contributed by atoms with Crippen molar-refractivity contribution in [3.63, 3.8) is 0 Å². The molecule has 6 aromatic rings. The van der Waals surface area contributed by atoms with Crippen molar-refractivity contribution in [3.8, 4) is 29.1 Å². The Morgan fingerprint density at radius 1 is 0.821 bits per heavy atom. The smallest absolute Gasteiger partial charge is 0.490 e. The first kappa shape index (κ1) is 95.9. The highest BCUT2D eigenvalue weighted by Gasteiger charge is 2.44. The van der Waals surface area contributed by atoms with Gasteiger partial charge >= 0.3 is 23.5 Å². The first-order valence-corrected chi connectivity index (χ1v) is 48.5. The van der Waals surface area contributed by atoms with Gasteiger partial charge in [0.25, 0.3) is 32.1 Å². The minimum Gasteiger partial charge on any atom is -0.491 e. The number of nitrogens with two attached hydrogens (primary N) is 1. The molecule has 12 N–H and O–H groups in total. The summed E-state index contributed by atoms with van der Waals surface area (Å²) in [4.78, 5) is 121. The van der Waals surface area contributed by atoms with Crippen LogP contribution in [0.2, 0.25) is 0 Å². The molecule has 664 valence electrons. The fraction of sp³-hybridized carbons (Fsp3) is 0.472. The third-order valence-corrected chi connectivity index (χ3v) is 26.8. The number of nitrogens with one attached hydrogen (secondary N) is 4. The van der Waals surface area contributed by atoms with Crippen LogP contribution in [0.1, 0.15) is 106 Å². The van der Waals surface area contributed by atoms with Crippen molar-refractivity contribution in [2.24, 2.45) is 10.2 Å². The van der Waals surface area contributed by atoms with E-state index in [9.17, 15) is 78.9 Å². The van der Waals surface area contributed by atoms with Crippen LogP contribution in [0.15, 0.2) is 95.5 Å². The van der Waals surface area contributed by atoms with Crippen LogP contribution in [0.5, 0.6) is 17.2 Å². The molecule has 1 fully saturated rings. The minimum absolute atomic E-state index is 0.00570. The Labute approximate surface area is 712 Å². The molecule has 51 heteroatoms. The Balaban J connectivity index is 0.598. The van der Waals surface area contributed by atoms with Crippen LogP contribution in [0, 0.1) is 11.8 Å². The fourth-order valence-corrected chi connectivity index (χ4v) is 19.6. The number of anilines is 2. The molecule has 123 heavy (non-hydrogen) atoms. The fourth-order valence-electron chi connectivity index (χ4n) is 13.7. The van der Waals surface area contributed by atoms with Crippen molar-refractivity contribution >= 4 is 123 Å². The first-order chi connectivity index (χ1) is 58.6. The van der Waals surface area contributed by atoms with Gasteiger partial charge in [-0.2, -0.15) is 25.5 Å². The van der Waals surface area contributed by atoms with Crippen LogP contribution in [-0.2, 0) is 93.2 Å². The van der Waals surface area contributed by atoms with E-state index in [1.54, 1.807) is 42.3 Å². The summed E-state index contributed by atoms with van der Waals surface area (Å²) in [6, 6.07) is 21.6. The van der Waals surface area contributed by atoms with E-state index in [0.717, 1.165) is 70.5 Å². The lowest BCUT2D eigenvalue weighted by Crippen LogP contribution is -2.40. The Bertz CT molecular complexity index is 5580. The van der Waals surface area contributed by atoms with Crippen LogP contribution >= 0.6 is 45.1 Å². The number of azide groups is 2. The normalized spacial score (nSPS) is 16.7. The van der Waals surface area contributed by atoms with Gasteiger partial charge in [-0.3, -0.25) is 37.6 Å². The molecular weight excluding hydrogens is 1760 g/mol. The van der Waals surface area contributed by atoms with Crippen LogP contribution < -0.4 is 56.5 Å². The van der Waals surface area contributed by atoms with Gasteiger partial charge in [-0.05, 0) is 90.7 Å². The third kappa shape index (κ3) is 29.4. The second-order valence-electron chi connectivity index (χ2n) is 27.8. The largest absolute Gasteiger partial charge is 0.491 e. The van der Waals surface area contributed by atoms with Crippen LogP contribution in [-0.4, -0.2) is 242 Å². The van der Waals surface area contributed by atoms with Gasteiger partial charge in [-0.1, -0.05) is 67.9 Å². The van der Waals surface area contributed by atoms with E-state index in [2.05, 4.69) is 93.4 Å². The molecule has 1 saturated heterocycles. The molecule has 4 aliphatic rings. The highest BCUT2D eigenvalue weighted by molar-refractivity contribution is 8.76. The Morgan fingerprint density at radius 2 is 1.58 bits per heavy atom. The van der Waals surface area contributed by atoms with Gasteiger partial charge < -0.3 is 89.4 Å². The maximum Gasteiger partial charge on any atom is 0.490 e. The number of ether oxygens (including phenoxy) is 6. The van der Waals surface area contributed by atoms with E-state index < -0.39 is 100 Å². The van der Waals surface area contributed by atoms with Crippen molar-refractivity contribution in [3.05, 3.63) is 156 Å². The average molecular weight is 1850 g/mol. The van der Waals surface area contributed by atoms with Crippen molar-refractivity contribution in [2.75, 3.05) is 139 Å². The summed E-state index contributed by atoms with van der Waals surface area (Å²) in [5, 5.41) is 19.8. The highest BCUT2D eigenvalue weighted by Crippen LogP contribution is 2.66. The number of nitrogens with zero attached hydrogens (tertiary/aromatic N) is 12. The number of amides is 5. The maximum absolute atomic E-state index is 14.6. The number of nitrogen functional groups attached to an aromatic ring is 1. The standard InChI is InChI=1S/C72H90N17O27P3S4/c1-86(72(94)53-17-3-2-16-52(53)68-54-36-47-13-6-25-87(27-9-33-122(102,103)104)56(47)38-58(54)113-59-39-57-48(37-55(59)68)14-7-26-88(57)28-10-34-123(105,106)107)24-8-18-62(90)78-23-32-121-120-31-19-63(91)77-21-22-79-71(93)49-11-4-15-51(35-49)110-44-65(83-85-75)109-30-29-108-43-64(92)76-20-5-12-50-41-89(70-67(50)69(73)80-45-81-70)66-40-60(111-46-82-84-74)61(114-66)42-112-118(98,99)116-119(100,101)115-117(95,96)97/h2-4,11,15-17,35-39,41,45,60-61,65-66H,6-10,13-14,18-34,40,42-44,46H2,1H3,(H11-,73,76,77,78,79,80,81,90,91,92,93,95,96,97,98,99,100,101,102,103,104,105,106,107)/p+1/t60?,61-,65?,66-/m1/s1. The summed E-state index contributed by atoms with van der Waals surface area (Å²) >= 11 is 0. The zero-order chi connectivity index (χ0) is 88.5. The zero-order valence-corrected chi connectivity index (χ0v) is 72.0. The van der Waals surface area contributed by atoms with Crippen molar-refractivity contribution in [2.45, 2.75) is 88.9 Å². The molecule has 5 amide bonds. The second kappa shape index (κ2) is 45.0. The van der Waals surface area contributed by atoms with Crippen LogP contribution in [0.25, 0.3) is 37.5 Å². The number of phosphoric acid groups is 3. The molecule has 6 atom stereocenters. The zero-order valence-electron chi connectivity index (χ0n) is 66.1. The predicted octanol–water partition coefficient (Wildman–Crippen LogP) is 4.90. The predicted molar refractivity (Wildman–Crippen MR) is 447 cm³/mol. The molecule has 4 aromatic carbocycles.